The number of benzene rings is 1. The molecule has 8 nitrogen and oxygen atoms in total. The zero-order valence-electron chi connectivity index (χ0n) is 15.3. The van der Waals surface area contributed by atoms with E-state index in [1.54, 1.807) is 30.3 Å². The molecule has 0 radical (unpaired) electrons. The first kappa shape index (κ1) is 19.8. The second kappa shape index (κ2) is 7.97. The number of ether oxygens (including phenoxy) is 1. The number of hydrogen-bond acceptors (Lipinski definition) is 6. The van der Waals surface area contributed by atoms with Crippen LogP contribution in [0, 0.1) is 0 Å². The maximum atomic E-state index is 12.8. The Morgan fingerprint density at radius 2 is 1.93 bits per heavy atom. The van der Waals surface area contributed by atoms with Crippen LogP contribution in [0.5, 0.6) is 0 Å². The number of Topliss-reactive ketones (excluding diaryl/α,β-unsaturated/α-hetero) is 1. The zero-order valence-corrected chi connectivity index (χ0v) is 16.1. The van der Waals surface area contributed by atoms with E-state index in [0.29, 0.717) is 17.7 Å². The number of para-hydroxylation sites is 1. The lowest BCUT2D eigenvalue weighted by molar-refractivity contribution is -0.122. The third kappa shape index (κ3) is 4.48. The highest BCUT2D eigenvalue weighted by Gasteiger charge is 2.35. The number of aromatic nitrogens is 1. The number of carbonyl (C=O) groups is 3. The average Bonchev–Trinajstić information content (AvgIpc) is 3.28. The summed E-state index contributed by atoms with van der Waals surface area (Å²) in [6.45, 7) is 0.827. The van der Waals surface area contributed by atoms with Crippen molar-refractivity contribution in [2.24, 2.45) is 0 Å². The number of esters is 1. The van der Waals surface area contributed by atoms with Crippen LogP contribution < -0.4 is 4.90 Å². The third-order valence-corrected chi connectivity index (χ3v) is 6.26. The van der Waals surface area contributed by atoms with Gasteiger partial charge >= 0.3 is 5.97 Å². The summed E-state index contributed by atoms with van der Waals surface area (Å²) in [5.41, 5.74) is 0.942. The molecule has 1 aromatic carbocycles. The Morgan fingerprint density at radius 3 is 2.50 bits per heavy atom. The molecule has 1 aliphatic rings. The Kier molecular flexibility index (Phi) is 5.64. The van der Waals surface area contributed by atoms with Crippen LogP contribution in [0.4, 0.5) is 5.69 Å². The lowest BCUT2D eigenvalue weighted by Crippen LogP contribution is -2.43. The molecule has 9 heteroatoms. The molecule has 1 aliphatic heterocycles. The maximum Gasteiger partial charge on any atom is 0.355 e. The van der Waals surface area contributed by atoms with Crippen LogP contribution >= 0.6 is 0 Å². The number of nitrogens with zero attached hydrogens (tertiary/aromatic N) is 1. The van der Waals surface area contributed by atoms with E-state index in [1.807, 2.05) is 0 Å². The van der Waals surface area contributed by atoms with Crippen molar-refractivity contribution in [3.63, 3.8) is 0 Å². The minimum atomic E-state index is -3.20. The molecule has 3 rings (SSSR count). The van der Waals surface area contributed by atoms with Gasteiger partial charge in [-0.05, 0) is 31.5 Å². The predicted molar refractivity (Wildman–Crippen MR) is 102 cm³/mol. The Bertz CT molecular complexity index is 996. The van der Waals surface area contributed by atoms with Crippen LogP contribution in [0.3, 0.4) is 0 Å². The van der Waals surface area contributed by atoms with Gasteiger partial charge in [-0.3, -0.25) is 9.59 Å². The normalized spacial score (nSPS) is 17.8. The molecule has 0 saturated carbocycles. The van der Waals surface area contributed by atoms with Gasteiger partial charge in [0.15, 0.2) is 22.2 Å². The van der Waals surface area contributed by atoms with E-state index in [-0.39, 0.29) is 23.0 Å². The SMILES string of the molecule is CC(=O)c1c[nH]c(C(=O)OCC(=O)N(c2ccccc2)[C@H]2CCS(=O)(=O)C2)c1. The first-order valence-corrected chi connectivity index (χ1v) is 10.5. The second-order valence-corrected chi connectivity index (χ2v) is 8.82. The van der Waals surface area contributed by atoms with Crippen LogP contribution in [0.15, 0.2) is 42.6 Å². The third-order valence-electron chi connectivity index (χ3n) is 4.51. The summed E-state index contributed by atoms with van der Waals surface area (Å²) >= 11 is 0. The van der Waals surface area contributed by atoms with E-state index in [2.05, 4.69) is 4.98 Å². The number of anilines is 1. The number of nitrogens with one attached hydrogen (secondary N) is 1. The molecule has 1 saturated heterocycles. The van der Waals surface area contributed by atoms with Crippen molar-refractivity contribution in [3.05, 3.63) is 53.9 Å². The maximum absolute atomic E-state index is 12.8. The molecule has 148 valence electrons. The first-order valence-electron chi connectivity index (χ1n) is 8.71. The number of aromatic amines is 1. The summed E-state index contributed by atoms with van der Waals surface area (Å²) in [4.78, 5) is 40.2. The number of ketones is 1. The van der Waals surface area contributed by atoms with Crippen LogP contribution in [-0.4, -0.2) is 55.2 Å². The smallest absolute Gasteiger partial charge is 0.355 e. The molecule has 0 spiro atoms. The van der Waals surface area contributed by atoms with Crippen molar-refractivity contribution in [2.75, 3.05) is 23.0 Å². The summed E-state index contributed by atoms with van der Waals surface area (Å²) in [5, 5.41) is 0. The number of amides is 1. The van der Waals surface area contributed by atoms with Gasteiger partial charge < -0.3 is 14.6 Å². The molecule has 0 bridgehead atoms. The van der Waals surface area contributed by atoms with E-state index in [4.69, 9.17) is 4.74 Å². The van der Waals surface area contributed by atoms with Crippen molar-refractivity contribution in [1.29, 1.82) is 0 Å². The van der Waals surface area contributed by atoms with Gasteiger partial charge in [-0.25, -0.2) is 13.2 Å². The van der Waals surface area contributed by atoms with Gasteiger partial charge in [0, 0.05) is 17.4 Å². The highest BCUT2D eigenvalue weighted by Crippen LogP contribution is 2.24. The minimum absolute atomic E-state index is 0.0182. The Balaban J connectivity index is 1.72. The summed E-state index contributed by atoms with van der Waals surface area (Å²) in [6, 6.07) is 9.53. The fraction of sp³-hybridized carbons (Fsp3) is 0.316. The molecule has 1 N–H and O–H groups in total. The Hall–Kier alpha value is -2.94. The molecule has 0 unspecified atom stereocenters. The van der Waals surface area contributed by atoms with E-state index in [9.17, 15) is 22.8 Å². The number of H-pyrrole nitrogens is 1. The van der Waals surface area contributed by atoms with E-state index in [0.717, 1.165) is 0 Å². The van der Waals surface area contributed by atoms with Crippen molar-refractivity contribution < 1.29 is 27.5 Å². The quantitative estimate of drug-likeness (QED) is 0.578. The minimum Gasteiger partial charge on any atom is -0.451 e. The highest BCUT2D eigenvalue weighted by atomic mass is 32.2. The molecule has 0 aliphatic carbocycles. The van der Waals surface area contributed by atoms with Gasteiger partial charge in [0.1, 0.15) is 5.69 Å². The fourth-order valence-electron chi connectivity index (χ4n) is 3.12. The lowest BCUT2D eigenvalue weighted by atomic mass is 10.2. The van der Waals surface area contributed by atoms with Gasteiger partial charge in [0.05, 0.1) is 17.5 Å². The summed E-state index contributed by atoms with van der Waals surface area (Å²) in [7, 11) is -3.20. The van der Waals surface area contributed by atoms with Crippen molar-refractivity contribution in [3.8, 4) is 0 Å². The summed E-state index contributed by atoms with van der Waals surface area (Å²) in [5.74, 6) is -1.60. The van der Waals surface area contributed by atoms with Crippen LogP contribution in [0.2, 0.25) is 0 Å². The monoisotopic (exact) mass is 404 g/mol. The van der Waals surface area contributed by atoms with Gasteiger partial charge in [-0.2, -0.15) is 0 Å². The Morgan fingerprint density at radius 1 is 1.21 bits per heavy atom. The molecular formula is C19H20N2O6S. The molecule has 2 heterocycles. The number of rotatable bonds is 6. The van der Waals surface area contributed by atoms with Gasteiger partial charge in [-0.1, -0.05) is 18.2 Å². The molecule has 28 heavy (non-hydrogen) atoms. The molecule has 2 aromatic rings. The topological polar surface area (TPSA) is 114 Å². The number of carbonyl (C=O) groups excluding carboxylic acids is 3. The van der Waals surface area contributed by atoms with Crippen LogP contribution in [0.25, 0.3) is 0 Å². The van der Waals surface area contributed by atoms with E-state index >= 15 is 0 Å². The van der Waals surface area contributed by atoms with E-state index in [1.165, 1.54) is 24.1 Å². The van der Waals surface area contributed by atoms with Gasteiger partial charge in [-0.15, -0.1) is 0 Å². The summed E-state index contributed by atoms with van der Waals surface area (Å²) < 4.78 is 28.8. The molecule has 1 amide bonds. The average molecular weight is 404 g/mol. The van der Waals surface area contributed by atoms with Crippen LogP contribution in [0.1, 0.15) is 34.2 Å². The van der Waals surface area contributed by atoms with Crippen molar-refractivity contribution >= 4 is 33.2 Å². The largest absolute Gasteiger partial charge is 0.451 e. The molecular weight excluding hydrogens is 384 g/mol. The van der Waals surface area contributed by atoms with Crippen molar-refractivity contribution in [2.45, 2.75) is 19.4 Å². The zero-order chi connectivity index (χ0) is 20.3. The number of hydrogen-bond donors (Lipinski definition) is 1. The molecule has 1 atom stereocenters. The molecule has 1 fully saturated rings. The molecule has 1 aromatic heterocycles. The number of sulfone groups is 1. The van der Waals surface area contributed by atoms with E-state index < -0.39 is 34.4 Å². The van der Waals surface area contributed by atoms with Crippen LogP contribution in [-0.2, 0) is 19.4 Å². The standard InChI is InChI=1S/C19H20N2O6S/c1-13(22)14-9-17(20-10-14)19(24)27-11-18(23)21(15-5-3-2-4-6-15)16-7-8-28(25,26)12-16/h2-6,9-10,16,20H,7-8,11-12H2,1H3/t16-/m0/s1. The Labute approximate surface area is 162 Å². The fourth-order valence-corrected chi connectivity index (χ4v) is 4.82. The summed E-state index contributed by atoms with van der Waals surface area (Å²) in [6.07, 6.45) is 1.72. The van der Waals surface area contributed by atoms with Crippen molar-refractivity contribution in [1.82, 2.24) is 4.98 Å². The predicted octanol–water partition coefficient (Wildman–Crippen LogP) is 1.59. The lowest BCUT2D eigenvalue weighted by Gasteiger charge is -2.28. The first-order chi connectivity index (χ1) is 13.3. The second-order valence-electron chi connectivity index (χ2n) is 6.59. The highest BCUT2D eigenvalue weighted by molar-refractivity contribution is 7.91. The van der Waals surface area contributed by atoms with Gasteiger partial charge in [0.2, 0.25) is 0 Å². The van der Waals surface area contributed by atoms with Gasteiger partial charge in [0.25, 0.3) is 5.91 Å².